The van der Waals surface area contributed by atoms with Crippen molar-refractivity contribution in [1.29, 1.82) is 0 Å². The number of benzene rings is 2. The number of hydrogen-bond donors (Lipinski definition) is 0. The van der Waals surface area contributed by atoms with E-state index in [1.807, 2.05) is 13.8 Å². The first-order valence-corrected chi connectivity index (χ1v) is 9.20. The molecule has 0 heterocycles. The summed E-state index contributed by atoms with van der Waals surface area (Å²) in [7, 11) is 4.59. The van der Waals surface area contributed by atoms with Crippen molar-refractivity contribution in [1.82, 2.24) is 4.90 Å². The topological polar surface area (TPSA) is 65.1 Å². The Bertz CT molecular complexity index is 843. The monoisotopic (exact) mass is 385 g/mol. The zero-order valence-corrected chi connectivity index (χ0v) is 17.1. The number of rotatable bonds is 9. The van der Waals surface area contributed by atoms with Gasteiger partial charge in [-0.1, -0.05) is 12.1 Å². The van der Waals surface area contributed by atoms with Crippen LogP contribution in [0.2, 0.25) is 0 Å². The van der Waals surface area contributed by atoms with Crippen molar-refractivity contribution < 1.29 is 23.8 Å². The summed E-state index contributed by atoms with van der Waals surface area (Å²) in [4.78, 5) is 27.6. The molecule has 150 valence electrons. The predicted octanol–water partition coefficient (Wildman–Crippen LogP) is 3.62. The van der Waals surface area contributed by atoms with Crippen LogP contribution in [0.25, 0.3) is 0 Å². The zero-order chi connectivity index (χ0) is 20.7. The van der Waals surface area contributed by atoms with Crippen molar-refractivity contribution in [3.63, 3.8) is 0 Å². The Kier molecular flexibility index (Phi) is 7.44. The van der Waals surface area contributed by atoms with Gasteiger partial charge in [-0.25, -0.2) is 0 Å². The van der Waals surface area contributed by atoms with Crippen molar-refractivity contribution >= 4 is 11.7 Å². The first-order valence-electron chi connectivity index (χ1n) is 9.20. The van der Waals surface area contributed by atoms with E-state index in [1.165, 1.54) is 14.2 Å². The Hall–Kier alpha value is -3.02. The fourth-order valence-corrected chi connectivity index (χ4v) is 3.09. The van der Waals surface area contributed by atoms with E-state index in [9.17, 15) is 9.59 Å². The lowest BCUT2D eigenvalue weighted by Crippen LogP contribution is -2.31. The predicted molar refractivity (Wildman–Crippen MR) is 108 cm³/mol. The highest BCUT2D eigenvalue weighted by atomic mass is 16.5. The number of methoxy groups -OCH3 is 3. The van der Waals surface area contributed by atoms with Crippen LogP contribution in [0.1, 0.15) is 40.1 Å². The molecule has 6 heteroatoms. The van der Waals surface area contributed by atoms with E-state index in [0.29, 0.717) is 47.0 Å². The van der Waals surface area contributed by atoms with Crippen molar-refractivity contribution in [3.05, 3.63) is 53.1 Å². The number of hydrogen-bond acceptors (Lipinski definition) is 5. The fraction of sp³-hybridized carbons (Fsp3) is 0.364. The van der Waals surface area contributed by atoms with E-state index < -0.39 is 0 Å². The third-order valence-electron chi connectivity index (χ3n) is 4.65. The summed E-state index contributed by atoms with van der Waals surface area (Å²) in [5, 5.41) is 0. The maximum absolute atomic E-state index is 13.0. The molecule has 2 rings (SSSR count). The molecule has 0 fully saturated rings. The molecule has 2 aromatic rings. The van der Waals surface area contributed by atoms with Crippen LogP contribution in [0.3, 0.4) is 0 Å². The normalized spacial score (nSPS) is 10.3. The van der Waals surface area contributed by atoms with Gasteiger partial charge in [0.1, 0.15) is 5.75 Å². The molecule has 0 aliphatic heterocycles. The Balaban J connectivity index is 2.41. The summed E-state index contributed by atoms with van der Waals surface area (Å²) in [6.07, 6.45) is 0.0784. The maximum atomic E-state index is 13.0. The van der Waals surface area contributed by atoms with Crippen LogP contribution in [-0.4, -0.2) is 51.0 Å². The van der Waals surface area contributed by atoms with Gasteiger partial charge < -0.3 is 19.1 Å². The molecule has 0 bridgehead atoms. The molecular weight excluding hydrogens is 358 g/mol. The fourth-order valence-electron chi connectivity index (χ4n) is 3.09. The van der Waals surface area contributed by atoms with Gasteiger partial charge in [0.25, 0.3) is 5.91 Å². The average molecular weight is 385 g/mol. The van der Waals surface area contributed by atoms with Gasteiger partial charge in [-0.2, -0.15) is 0 Å². The number of Topliss-reactive ketones (excluding diaryl/α,β-unsaturated/α-hetero) is 1. The SMILES string of the molecule is CCN(CC)C(=O)c1c(CC(=O)c2ccc(OC)c(OC)c2)cccc1OC. The van der Waals surface area contributed by atoms with Crippen LogP contribution >= 0.6 is 0 Å². The lowest BCUT2D eigenvalue weighted by atomic mass is 9.97. The lowest BCUT2D eigenvalue weighted by Gasteiger charge is -2.22. The summed E-state index contributed by atoms with van der Waals surface area (Å²) in [5.74, 6) is 1.24. The second kappa shape index (κ2) is 9.78. The highest BCUT2D eigenvalue weighted by Crippen LogP contribution is 2.29. The molecule has 1 amide bonds. The number of ether oxygens (including phenoxy) is 3. The van der Waals surface area contributed by atoms with Crippen LogP contribution in [0.15, 0.2) is 36.4 Å². The summed E-state index contributed by atoms with van der Waals surface area (Å²) in [5.41, 5.74) is 1.56. The molecule has 0 aliphatic rings. The Morgan fingerprint density at radius 1 is 0.857 bits per heavy atom. The third-order valence-corrected chi connectivity index (χ3v) is 4.65. The van der Waals surface area contributed by atoms with Crippen LogP contribution in [0.5, 0.6) is 17.2 Å². The van der Waals surface area contributed by atoms with Crippen molar-refractivity contribution in [2.45, 2.75) is 20.3 Å². The molecule has 0 N–H and O–H groups in total. The van der Waals surface area contributed by atoms with E-state index in [4.69, 9.17) is 14.2 Å². The Morgan fingerprint density at radius 3 is 2.07 bits per heavy atom. The Labute approximate surface area is 166 Å². The number of carbonyl (C=O) groups excluding carboxylic acids is 2. The van der Waals surface area contributed by atoms with E-state index in [2.05, 4.69) is 0 Å². The van der Waals surface area contributed by atoms with Crippen LogP contribution in [0.4, 0.5) is 0 Å². The molecular formula is C22H27NO5. The minimum Gasteiger partial charge on any atom is -0.496 e. The van der Waals surface area contributed by atoms with Gasteiger partial charge >= 0.3 is 0 Å². The van der Waals surface area contributed by atoms with Crippen LogP contribution in [-0.2, 0) is 6.42 Å². The smallest absolute Gasteiger partial charge is 0.257 e. The summed E-state index contributed by atoms with van der Waals surface area (Å²) >= 11 is 0. The minimum atomic E-state index is -0.141. The first-order chi connectivity index (χ1) is 13.5. The van der Waals surface area contributed by atoms with E-state index in [1.54, 1.807) is 48.4 Å². The van der Waals surface area contributed by atoms with Gasteiger partial charge in [-0.15, -0.1) is 0 Å². The second-order valence-electron chi connectivity index (χ2n) is 6.14. The molecule has 2 aromatic carbocycles. The zero-order valence-electron chi connectivity index (χ0n) is 17.1. The van der Waals surface area contributed by atoms with Crippen LogP contribution in [0, 0.1) is 0 Å². The molecule has 0 saturated heterocycles. The molecule has 0 unspecified atom stereocenters. The molecule has 6 nitrogen and oxygen atoms in total. The largest absolute Gasteiger partial charge is 0.496 e. The highest BCUT2D eigenvalue weighted by Gasteiger charge is 2.23. The van der Waals surface area contributed by atoms with Gasteiger partial charge in [0.05, 0.1) is 26.9 Å². The first kappa shape index (κ1) is 21.3. The van der Waals surface area contributed by atoms with Crippen molar-refractivity contribution in [2.24, 2.45) is 0 Å². The second-order valence-corrected chi connectivity index (χ2v) is 6.14. The van der Waals surface area contributed by atoms with Gasteiger partial charge in [-0.3, -0.25) is 9.59 Å². The summed E-state index contributed by atoms with van der Waals surface area (Å²) in [6.45, 7) is 5.00. The highest BCUT2D eigenvalue weighted by molar-refractivity contribution is 6.03. The average Bonchev–Trinajstić information content (AvgIpc) is 2.73. The van der Waals surface area contributed by atoms with Crippen molar-refractivity contribution in [3.8, 4) is 17.2 Å². The third kappa shape index (κ3) is 4.44. The van der Waals surface area contributed by atoms with Gasteiger partial charge in [0.15, 0.2) is 17.3 Å². The van der Waals surface area contributed by atoms with Gasteiger partial charge in [0.2, 0.25) is 0 Å². The lowest BCUT2D eigenvalue weighted by molar-refractivity contribution is 0.0768. The van der Waals surface area contributed by atoms with Crippen molar-refractivity contribution in [2.75, 3.05) is 34.4 Å². The molecule has 0 aliphatic carbocycles. The van der Waals surface area contributed by atoms with E-state index in [-0.39, 0.29) is 18.1 Å². The molecule has 28 heavy (non-hydrogen) atoms. The summed E-state index contributed by atoms with van der Waals surface area (Å²) < 4.78 is 15.9. The molecule has 0 saturated carbocycles. The standard InChI is InChI=1S/C22H27NO5/c1-6-23(7-2)22(25)21-16(9-8-10-19(21)27-4)13-17(24)15-11-12-18(26-3)20(14-15)28-5/h8-12,14H,6-7,13H2,1-5H3. The number of amides is 1. The summed E-state index contributed by atoms with van der Waals surface area (Å²) in [6, 6.07) is 10.3. The molecule has 0 radical (unpaired) electrons. The number of nitrogens with zero attached hydrogens (tertiary/aromatic N) is 1. The maximum Gasteiger partial charge on any atom is 0.257 e. The Morgan fingerprint density at radius 2 is 1.50 bits per heavy atom. The quantitative estimate of drug-likeness (QED) is 0.617. The molecule has 0 aromatic heterocycles. The number of ketones is 1. The van der Waals surface area contributed by atoms with Crippen LogP contribution < -0.4 is 14.2 Å². The van der Waals surface area contributed by atoms with E-state index >= 15 is 0 Å². The van der Waals surface area contributed by atoms with Gasteiger partial charge in [-0.05, 0) is 43.7 Å². The molecule has 0 spiro atoms. The number of carbonyl (C=O) groups is 2. The van der Waals surface area contributed by atoms with Gasteiger partial charge in [0, 0.05) is 25.1 Å². The van der Waals surface area contributed by atoms with E-state index in [0.717, 1.165) is 0 Å². The molecule has 0 atom stereocenters. The minimum absolute atomic E-state index is 0.0784.